The first kappa shape index (κ1) is 10.3. The summed E-state index contributed by atoms with van der Waals surface area (Å²) in [5.74, 6) is -0.484. The number of anilines is 1. The summed E-state index contributed by atoms with van der Waals surface area (Å²) in [5, 5.41) is 3.01. The van der Waals surface area contributed by atoms with E-state index < -0.39 is 0 Å². The molecule has 0 saturated carbocycles. The van der Waals surface area contributed by atoms with Gasteiger partial charge in [-0.2, -0.15) is 0 Å². The van der Waals surface area contributed by atoms with Crippen molar-refractivity contribution >= 4 is 44.1 Å². The van der Waals surface area contributed by atoms with Gasteiger partial charge in [-0.15, -0.1) is 0 Å². The average molecular weight is 263 g/mol. The Balaban J connectivity index is 2.50. The Morgan fingerprint density at radius 3 is 2.85 bits per heavy atom. The van der Waals surface area contributed by atoms with Crippen molar-refractivity contribution in [3.8, 4) is 0 Å². The zero-order valence-electron chi connectivity index (χ0n) is 6.83. The van der Waals surface area contributed by atoms with E-state index in [9.17, 15) is 9.59 Å². The largest absolute Gasteiger partial charge is 0.302 e. The smallest absolute Gasteiger partial charge is 0.233 e. The van der Waals surface area contributed by atoms with E-state index in [1.165, 1.54) is 18.3 Å². The lowest BCUT2D eigenvalue weighted by Crippen LogP contribution is -2.14. The Morgan fingerprint density at radius 1 is 1.69 bits per heavy atom. The molecular weight excluding hydrogens is 256 g/mol. The first-order valence-corrected chi connectivity index (χ1v) is 5.09. The lowest BCUT2D eigenvalue weighted by molar-refractivity contribution is -0.124. The van der Waals surface area contributed by atoms with E-state index in [0.29, 0.717) is 5.13 Å². The van der Waals surface area contributed by atoms with E-state index in [1.807, 2.05) is 0 Å². The molecule has 0 saturated heterocycles. The normalized spacial score (nSPS) is 9.69. The highest BCUT2D eigenvalue weighted by Crippen LogP contribution is 2.22. The molecule has 0 bridgehead atoms. The number of carbonyl (C=O) groups is 2. The van der Waals surface area contributed by atoms with Crippen molar-refractivity contribution in [1.82, 2.24) is 4.98 Å². The van der Waals surface area contributed by atoms with Crippen LogP contribution in [0.2, 0.25) is 0 Å². The molecule has 1 aromatic heterocycles. The van der Waals surface area contributed by atoms with Gasteiger partial charge < -0.3 is 5.32 Å². The average Bonchev–Trinajstić information content (AvgIpc) is 2.33. The van der Waals surface area contributed by atoms with E-state index in [-0.39, 0.29) is 18.1 Å². The van der Waals surface area contributed by atoms with Gasteiger partial charge in [-0.25, -0.2) is 4.98 Å². The van der Waals surface area contributed by atoms with Crippen LogP contribution in [-0.4, -0.2) is 16.7 Å². The van der Waals surface area contributed by atoms with Crippen LogP contribution in [0.4, 0.5) is 5.13 Å². The third-order valence-corrected chi connectivity index (χ3v) is 2.52. The first-order valence-electron chi connectivity index (χ1n) is 3.48. The van der Waals surface area contributed by atoms with Crippen LogP contribution in [0.15, 0.2) is 9.98 Å². The second kappa shape index (κ2) is 4.48. The Kier molecular flexibility index (Phi) is 3.56. The molecule has 0 aliphatic carbocycles. The minimum atomic E-state index is -0.325. The maximum atomic E-state index is 11.1. The van der Waals surface area contributed by atoms with Crippen molar-refractivity contribution < 1.29 is 9.59 Å². The van der Waals surface area contributed by atoms with Gasteiger partial charge in [0.05, 0.1) is 16.4 Å². The lowest BCUT2D eigenvalue weighted by Gasteiger charge is -1.96. The van der Waals surface area contributed by atoms with E-state index >= 15 is 0 Å². The van der Waals surface area contributed by atoms with Crippen molar-refractivity contribution in [3.63, 3.8) is 0 Å². The lowest BCUT2D eigenvalue weighted by atomic mass is 10.3. The Hall–Kier alpha value is -0.750. The third-order valence-electron chi connectivity index (χ3n) is 1.13. The molecule has 4 nitrogen and oxygen atoms in total. The number of nitrogens with one attached hydrogen (secondary N) is 1. The maximum Gasteiger partial charge on any atom is 0.233 e. The van der Waals surface area contributed by atoms with Crippen LogP contribution in [0.1, 0.15) is 13.3 Å². The number of halogens is 1. The van der Waals surface area contributed by atoms with Gasteiger partial charge in [-0.1, -0.05) is 11.3 Å². The highest BCUT2D eigenvalue weighted by atomic mass is 79.9. The molecule has 0 aliphatic heterocycles. The quantitative estimate of drug-likeness (QED) is 0.846. The van der Waals surface area contributed by atoms with Gasteiger partial charge in [-0.05, 0) is 22.9 Å². The molecule has 1 amide bonds. The van der Waals surface area contributed by atoms with Crippen LogP contribution >= 0.6 is 27.3 Å². The summed E-state index contributed by atoms with van der Waals surface area (Å²) >= 11 is 4.52. The molecule has 1 heterocycles. The second-order valence-electron chi connectivity index (χ2n) is 2.40. The van der Waals surface area contributed by atoms with Gasteiger partial charge in [0.2, 0.25) is 5.91 Å². The van der Waals surface area contributed by atoms with Crippen molar-refractivity contribution in [2.75, 3.05) is 5.32 Å². The highest BCUT2D eigenvalue weighted by molar-refractivity contribution is 9.11. The molecular formula is C7H7BrN2O2S. The molecule has 0 atom stereocenters. The molecule has 0 fully saturated rings. The van der Waals surface area contributed by atoms with Gasteiger partial charge in [0.25, 0.3) is 0 Å². The zero-order valence-corrected chi connectivity index (χ0v) is 9.24. The maximum absolute atomic E-state index is 11.1. The Morgan fingerprint density at radius 2 is 2.38 bits per heavy atom. The standard InChI is InChI=1S/C7H7BrN2O2S/c1-4(11)2-6(12)10-7-9-3-5(8)13-7/h3H,2H2,1H3,(H,9,10,12). The summed E-state index contributed by atoms with van der Waals surface area (Å²) in [6, 6.07) is 0. The van der Waals surface area contributed by atoms with Crippen molar-refractivity contribution in [1.29, 1.82) is 0 Å². The molecule has 13 heavy (non-hydrogen) atoms. The number of carbonyl (C=O) groups excluding carboxylic acids is 2. The fourth-order valence-corrected chi connectivity index (χ4v) is 1.82. The van der Waals surface area contributed by atoms with Crippen molar-refractivity contribution in [2.24, 2.45) is 0 Å². The monoisotopic (exact) mass is 262 g/mol. The number of amides is 1. The van der Waals surface area contributed by atoms with Gasteiger partial charge in [0.1, 0.15) is 5.78 Å². The third kappa shape index (κ3) is 3.65. The predicted octanol–water partition coefficient (Wildman–Crippen LogP) is 1.82. The molecule has 1 rings (SSSR count). The summed E-state index contributed by atoms with van der Waals surface area (Å²) in [5.41, 5.74) is 0. The van der Waals surface area contributed by atoms with Gasteiger partial charge in [0, 0.05) is 0 Å². The van der Waals surface area contributed by atoms with Gasteiger partial charge in [-0.3, -0.25) is 9.59 Å². The van der Waals surface area contributed by atoms with E-state index in [2.05, 4.69) is 26.2 Å². The van der Waals surface area contributed by atoms with Crippen molar-refractivity contribution in [3.05, 3.63) is 9.98 Å². The van der Waals surface area contributed by atoms with E-state index in [4.69, 9.17) is 0 Å². The van der Waals surface area contributed by atoms with Gasteiger partial charge in [0.15, 0.2) is 5.13 Å². The molecule has 1 N–H and O–H groups in total. The fraction of sp³-hybridized carbons (Fsp3) is 0.286. The molecule has 0 aliphatic rings. The molecule has 0 aromatic carbocycles. The number of hydrogen-bond acceptors (Lipinski definition) is 4. The van der Waals surface area contributed by atoms with E-state index in [1.54, 1.807) is 6.20 Å². The van der Waals surface area contributed by atoms with E-state index in [0.717, 1.165) is 3.79 Å². The molecule has 0 radical (unpaired) electrons. The van der Waals surface area contributed by atoms with Gasteiger partial charge >= 0.3 is 0 Å². The molecule has 70 valence electrons. The van der Waals surface area contributed by atoms with Crippen LogP contribution in [0.5, 0.6) is 0 Å². The number of ketones is 1. The highest BCUT2D eigenvalue weighted by Gasteiger charge is 2.07. The topological polar surface area (TPSA) is 59.1 Å². The predicted molar refractivity (Wildman–Crippen MR) is 53.7 cm³/mol. The number of rotatable bonds is 3. The van der Waals surface area contributed by atoms with Crippen LogP contribution in [-0.2, 0) is 9.59 Å². The first-order chi connectivity index (χ1) is 6.08. The summed E-state index contributed by atoms with van der Waals surface area (Å²) in [6.45, 7) is 1.37. The summed E-state index contributed by atoms with van der Waals surface area (Å²) in [7, 11) is 0. The van der Waals surface area contributed by atoms with Crippen LogP contribution in [0.3, 0.4) is 0 Å². The fourth-order valence-electron chi connectivity index (χ4n) is 0.702. The number of Topliss-reactive ketones (excluding diaryl/α,β-unsaturated/α-hetero) is 1. The number of aromatic nitrogens is 1. The van der Waals surface area contributed by atoms with Crippen LogP contribution in [0.25, 0.3) is 0 Å². The minimum absolute atomic E-state index is 0.100. The number of hydrogen-bond donors (Lipinski definition) is 1. The number of nitrogens with zero attached hydrogens (tertiary/aromatic N) is 1. The molecule has 0 unspecified atom stereocenters. The number of thiazole rings is 1. The SMILES string of the molecule is CC(=O)CC(=O)Nc1ncc(Br)s1. The summed E-state index contributed by atoms with van der Waals surface area (Å²) in [6.07, 6.45) is 1.49. The molecule has 6 heteroatoms. The van der Waals surface area contributed by atoms with Crippen molar-refractivity contribution in [2.45, 2.75) is 13.3 Å². The van der Waals surface area contributed by atoms with Crippen LogP contribution < -0.4 is 5.32 Å². The summed E-state index contributed by atoms with van der Waals surface area (Å²) in [4.78, 5) is 25.5. The Labute approximate surface area is 87.5 Å². The molecule has 1 aromatic rings. The molecule has 0 spiro atoms. The Bertz CT molecular complexity index is 337. The zero-order chi connectivity index (χ0) is 9.84. The summed E-state index contributed by atoms with van der Waals surface area (Å²) < 4.78 is 0.839. The second-order valence-corrected chi connectivity index (χ2v) is 4.81. The minimum Gasteiger partial charge on any atom is -0.302 e. The van der Waals surface area contributed by atoms with Crippen LogP contribution in [0, 0.1) is 0 Å².